The second kappa shape index (κ2) is 3.08. The van der Waals surface area contributed by atoms with Gasteiger partial charge in [0.05, 0.1) is 29.6 Å². The summed E-state index contributed by atoms with van der Waals surface area (Å²) in [6.45, 7) is 3.54. The van der Waals surface area contributed by atoms with Crippen molar-refractivity contribution in [3.63, 3.8) is 0 Å². The van der Waals surface area contributed by atoms with Gasteiger partial charge in [-0.25, -0.2) is 4.98 Å². The number of hydrogen-bond donors (Lipinski definition) is 0. The standard InChI is InChI=1S/C8H8ClN3/c1-8(2,5-10)6-3-11-4-7(9)12-6/h3-4H,1-2H3. The van der Waals surface area contributed by atoms with E-state index in [1.54, 1.807) is 20.0 Å². The molecule has 0 bridgehead atoms. The van der Waals surface area contributed by atoms with E-state index < -0.39 is 5.41 Å². The molecular weight excluding hydrogens is 174 g/mol. The molecule has 0 atom stereocenters. The van der Waals surface area contributed by atoms with E-state index in [0.29, 0.717) is 10.8 Å². The van der Waals surface area contributed by atoms with Crippen LogP contribution < -0.4 is 0 Å². The first-order valence-corrected chi connectivity index (χ1v) is 3.83. The Morgan fingerprint density at radius 2 is 2.17 bits per heavy atom. The molecule has 0 fully saturated rings. The molecule has 0 amide bonds. The third-order valence-electron chi connectivity index (χ3n) is 1.53. The highest BCUT2D eigenvalue weighted by Crippen LogP contribution is 2.19. The van der Waals surface area contributed by atoms with Crippen LogP contribution in [0.15, 0.2) is 12.4 Å². The first-order chi connectivity index (χ1) is 5.56. The zero-order valence-electron chi connectivity index (χ0n) is 6.87. The van der Waals surface area contributed by atoms with Crippen LogP contribution in [0.1, 0.15) is 19.5 Å². The van der Waals surface area contributed by atoms with Crippen LogP contribution in [0.25, 0.3) is 0 Å². The minimum absolute atomic E-state index is 0.316. The van der Waals surface area contributed by atoms with Crippen molar-refractivity contribution in [1.82, 2.24) is 9.97 Å². The average molecular weight is 182 g/mol. The molecular formula is C8H8ClN3. The summed E-state index contributed by atoms with van der Waals surface area (Å²) in [5.41, 5.74) is -0.0322. The molecule has 0 aliphatic carbocycles. The monoisotopic (exact) mass is 181 g/mol. The van der Waals surface area contributed by atoms with Gasteiger partial charge in [-0.3, -0.25) is 4.98 Å². The molecule has 0 unspecified atom stereocenters. The Hall–Kier alpha value is -1.14. The minimum atomic E-state index is -0.627. The SMILES string of the molecule is CC(C)(C#N)c1cncc(Cl)n1. The van der Waals surface area contributed by atoms with Gasteiger partial charge < -0.3 is 0 Å². The van der Waals surface area contributed by atoms with E-state index in [9.17, 15) is 0 Å². The fraction of sp³-hybridized carbons (Fsp3) is 0.375. The highest BCUT2D eigenvalue weighted by Gasteiger charge is 2.21. The van der Waals surface area contributed by atoms with E-state index in [2.05, 4.69) is 16.0 Å². The van der Waals surface area contributed by atoms with Gasteiger partial charge in [0.2, 0.25) is 0 Å². The molecule has 12 heavy (non-hydrogen) atoms. The van der Waals surface area contributed by atoms with Gasteiger partial charge in [0.25, 0.3) is 0 Å². The Morgan fingerprint density at radius 1 is 1.50 bits per heavy atom. The number of nitriles is 1. The maximum absolute atomic E-state index is 8.78. The van der Waals surface area contributed by atoms with E-state index in [0.717, 1.165) is 0 Å². The second-order valence-corrected chi connectivity index (χ2v) is 3.35. The van der Waals surface area contributed by atoms with Gasteiger partial charge >= 0.3 is 0 Å². The Labute approximate surface area is 76.0 Å². The molecule has 0 radical (unpaired) electrons. The Balaban J connectivity index is 3.14. The number of hydrogen-bond acceptors (Lipinski definition) is 3. The molecule has 0 aliphatic heterocycles. The first kappa shape index (κ1) is 8.95. The van der Waals surface area contributed by atoms with Crippen LogP contribution in [0.3, 0.4) is 0 Å². The van der Waals surface area contributed by atoms with E-state index in [1.165, 1.54) is 6.20 Å². The third kappa shape index (κ3) is 1.72. The number of halogens is 1. The molecule has 1 rings (SSSR count). The van der Waals surface area contributed by atoms with Crippen LogP contribution in [-0.4, -0.2) is 9.97 Å². The maximum atomic E-state index is 8.78. The minimum Gasteiger partial charge on any atom is -0.260 e. The lowest BCUT2D eigenvalue weighted by Gasteiger charge is -2.12. The van der Waals surface area contributed by atoms with E-state index in [1.807, 2.05) is 0 Å². The van der Waals surface area contributed by atoms with Crippen molar-refractivity contribution < 1.29 is 0 Å². The lowest BCUT2D eigenvalue weighted by atomic mass is 9.92. The van der Waals surface area contributed by atoms with Gasteiger partial charge in [-0.05, 0) is 13.8 Å². The van der Waals surface area contributed by atoms with Crippen LogP contribution in [-0.2, 0) is 5.41 Å². The summed E-state index contributed by atoms with van der Waals surface area (Å²) in [4.78, 5) is 7.85. The van der Waals surface area contributed by atoms with Crippen molar-refractivity contribution in [2.75, 3.05) is 0 Å². The summed E-state index contributed by atoms with van der Waals surface area (Å²) < 4.78 is 0. The van der Waals surface area contributed by atoms with Gasteiger partial charge in [0.1, 0.15) is 5.15 Å². The largest absolute Gasteiger partial charge is 0.260 e. The smallest absolute Gasteiger partial charge is 0.147 e. The van der Waals surface area contributed by atoms with Gasteiger partial charge in [-0.1, -0.05) is 11.6 Å². The van der Waals surface area contributed by atoms with E-state index >= 15 is 0 Å². The molecule has 3 nitrogen and oxygen atoms in total. The molecule has 0 saturated heterocycles. The first-order valence-electron chi connectivity index (χ1n) is 3.45. The summed E-state index contributed by atoms with van der Waals surface area (Å²) >= 11 is 5.62. The van der Waals surface area contributed by atoms with Crippen molar-refractivity contribution in [3.8, 4) is 6.07 Å². The van der Waals surface area contributed by atoms with Crippen molar-refractivity contribution in [2.24, 2.45) is 0 Å². The molecule has 0 aliphatic rings. The van der Waals surface area contributed by atoms with Gasteiger partial charge in [0.15, 0.2) is 0 Å². The number of rotatable bonds is 1. The topological polar surface area (TPSA) is 49.6 Å². The summed E-state index contributed by atoms with van der Waals surface area (Å²) in [7, 11) is 0. The van der Waals surface area contributed by atoms with Crippen LogP contribution in [0, 0.1) is 11.3 Å². The van der Waals surface area contributed by atoms with Crippen LogP contribution in [0.5, 0.6) is 0 Å². The zero-order valence-corrected chi connectivity index (χ0v) is 7.63. The molecule has 4 heteroatoms. The highest BCUT2D eigenvalue weighted by molar-refractivity contribution is 6.29. The summed E-state index contributed by atoms with van der Waals surface area (Å²) in [5, 5.41) is 9.09. The summed E-state index contributed by atoms with van der Waals surface area (Å²) in [6.07, 6.45) is 2.99. The lowest BCUT2D eigenvalue weighted by Crippen LogP contribution is -2.16. The predicted octanol–water partition coefficient (Wildman–Crippen LogP) is 1.93. The second-order valence-electron chi connectivity index (χ2n) is 2.96. The molecule has 1 heterocycles. The van der Waals surface area contributed by atoms with Crippen molar-refractivity contribution in [3.05, 3.63) is 23.2 Å². The third-order valence-corrected chi connectivity index (χ3v) is 1.71. The van der Waals surface area contributed by atoms with E-state index in [4.69, 9.17) is 16.9 Å². The van der Waals surface area contributed by atoms with Crippen molar-refractivity contribution in [2.45, 2.75) is 19.3 Å². The Morgan fingerprint density at radius 3 is 2.67 bits per heavy atom. The molecule has 1 aromatic heterocycles. The number of nitrogens with zero attached hydrogens (tertiary/aromatic N) is 3. The van der Waals surface area contributed by atoms with Crippen molar-refractivity contribution in [1.29, 1.82) is 5.26 Å². The Kier molecular flexibility index (Phi) is 2.30. The predicted molar refractivity (Wildman–Crippen MR) is 45.7 cm³/mol. The fourth-order valence-electron chi connectivity index (χ4n) is 0.701. The van der Waals surface area contributed by atoms with E-state index in [-0.39, 0.29) is 0 Å². The Bertz CT molecular complexity index is 327. The van der Waals surface area contributed by atoms with Gasteiger partial charge in [-0.15, -0.1) is 0 Å². The molecule has 1 aromatic rings. The van der Waals surface area contributed by atoms with Crippen LogP contribution >= 0.6 is 11.6 Å². The molecule has 0 N–H and O–H groups in total. The summed E-state index contributed by atoms with van der Waals surface area (Å²) in [6, 6.07) is 2.12. The molecule has 62 valence electrons. The molecule has 0 spiro atoms. The number of aromatic nitrogens is 2. The maximum Gasteiger partial charge on any atom is 0.147 e. The zero-order chi connectivity index (χ0) is 9.19. The van der Waals surface area contributed by atoms with Crippen LogP contribution in [0.4, 0.5) is 0 Å². The average Bonchev–Trinajstić information content (AvgIpc) is 2.05. The van der Waals surface area contributed by atoms with Gasteiger partial charge in [0, 0.05) is 0 Å². The lowest BCUT2D eigenvalue weighted by molar-refractivity contribution is 0.654. The summed E-state index contributed by atoms with van der Waals surface area (Å²) in [5.74, 6) is 0. The van der Waals surface area contributed by atoms with Gasteiger partial charge in [-0.2, -0.15) is 5.26 Å². The normalized spacial score (nSPS) is 10.8. The highest BCUT2D eigenvalue weighted by atomic mass is 35.5. The fourth-order valence-corrected chi connectivity index (χ4v) is 0.848. The van der Waals surface area contributed by atoms with Crippen LogP contribution in [0.2, 0.25) is 5.15 Å². The molecule has 0 saturated carbocycles. The molecule has 0 aromatic carbocycles. The van der Waals surface area contributed by atoms with Crippen molar-refractivity contribution >= 4 is 11.6 Å². The quantitative estimate of drug-likeness (QED) is 0.665.